The second kappa shape index (κ2) is 3.86. The van der Waals surface area contributed by atoms with E-state index < -0.39 is 0 Å². The van der Waals surface area contributed by atoms with E-state index in [9.17, 15) is 9.59 Å². The Hall–Kier alpha value is -0.860. The summed E-state index contributed by atoms with van der Waals surface area (Å²) < 4.78 is 0. The van der Waals surface area contributed by atoms with Gasteiger partial charge in [0.05, 0.1) is 11.8 Å². The van der Waals surface area contributed by atoms with Crippen LogP contribution in [0, 0.1) is 29.6 Å². The minimum absolute atomic E-state index is 0.0186. The van der Waals surface area contributed by atoms with Crippen LogP contribution in [0.3, 0.4) is 0 Å². The molecule has 0 bridgehead atoms. The van der Waals surface area contributed by atoms with E-state index in [1.54, 1.807) is 7.05 Å². The summed E-state index contributed by atoms with van der Waals surface area (Å²) in [5.41, 5.74) is 0. The van der Waals surface area contributed by atoms with Gasteiger partial charge in [-0.05, 0) is 24.2 Å². The average Bonchev–Trinajstić information content (AvgIpc) is 2.73. The topological polar surface area (TPSA) is 37.4 Å². The molecule has 0 aromatic heterocycles. The Balaban J connectivity index is 2.33. The Morgan fingerprint density at radius 3 is 2.31 bits per heavy atom. The minimum Gasteiger partial charge on any atom is -0.285 e. The van der Waals surface area contributed by atoms with Gasteiger partial charge in [0.2, 0.25) is 11.8 Å². The van der Waals surface area contributed by atoms with Gasteiger partial charge < -0.3 is 0 Å². The monoisotopic (exact) mass is 223 g/mol. The number of hydrogen-bond donors (Lipinski definition) is 0. The molecule has 3 nitrogen and oxygen atoms in total. The van der Waals surface area contributed by atoms with Crippen molar-refractivity contribution in [3.05, 3.63) is 0 Å². The van der Waals surface area contributed by atoms with Crippen molar-refractivity contribution >= 4 is 11.8 Å². The first-order valence-electron chi connectivity index (χ1n) is 6.30. The first-order valence-corrected chi connectivity index (χ1v) is 6.30. The molecule has 1 aliphatic carbocycles. The summed E-state index contributed by atoms with van der Waals surface area (Å²) in [7, 11) is 1.63. The maximum Gasteiger partial charge on any atom is 0.233 e. The smallest absolute Gasteiger partial charge is 0.233 e. The van der Waals surface area contributed by atoms with Gasteiger partial charge in [-0.2, -0.15) is 0 Å². The molecule has 0 radical (unpaired) electrons. The molecule has 2 fully saturated rings. The van der Waals surface area contributed by atoms with Crippen molar-refractivity contribution in [3.63, 3.8) is 0 Å². The molecular formula is C13H21NO2. The molecule has 0 spiro atoms. The van der Waals surface area contributed by atoms with Crippen molar-refractivity contribution in [2.24, 2.45) is 29.6 Å². The van der Waals surface area contributed by atoms with E-state index >= 15 is 0 Å². The van der Waals surface area contributed by atoms with Crippen molar-refractivity contribution in [3.8, 4) is 0 Å². The Morgan fingerprint density at radius 2 is 1.81 bits per heavy atom. The van der Waals surface area contributed by atoms with Crippen LogP contribution in [0.4, 0.5) is 0 Å². The van der Waals surface area contributed by atoms with E-state index in [0.29, 0.717) is 17.8 Å². The molecule has 2 amide bonds. The Morgan fingerprint density at radius 1 is 1.25 bits per heavy atom. The van der Waals surface area contributed by atoms with Crippen molar-refractivity contribution in [2.75, 3.05) is 7.05 Å². The van der Waals surface area contributed by atoms with Crippen molar-refractivity contribution in [1.82, 2.24) is 4.90 Å². The number of carbonyl (C=O) groups excluding carboxylic acids is 2. The number of amides is 2. The number of imide groups is 1. The highest BCUT2D eigenvalue weighted by molar-refractivity contribution is 6.05. The predicted octanol–water partition coefficient (Wildman–Crippen LogP) is 1.92. The third kappa shape index (κ3) is 1.40. The first-order chi connectivity index (χ1) is 7.49. The summed E-state index contributed by atoms with van der Waals surface area (Å²) in [5.74, 6) is 1.38. The molecule has 1 aliphatic heterocycles. The lowest BCUT2D eigenvalue weighted by Gasteiger charge is -2.20. The van der Waals surface area contributed by atoms with E-state index in [-0.39, 0.29) is 23.7 Å². The molecule has 0 aromatic rings. The predicted molar refractivity (Wildman–Crippen MR) is 61.5 cm³/mol. The van der Waals surface area contributed by atoms with Gasteiger partial charge in [-0.15, -0.1) is 0 Å². The molecular weight excluding hydrogens is 202 g/mol. The van der Waals surface area contributed by atoms with Crippen LogP contribution in [0.2, 0.25) is 0 Å². The van der Waals surface area contributed by atoms with Crippen LogP contribution < -0.4 is 0 Å². The number of likely N-dealkylation sites (tertiary alicyclic amines) is 1. The molecule has 3 heteroatoms. The molecule has 1 saturated carbocycles. The molecule has 16 heavy (non-hydrogen) atoms. The highest BCUT2D eigenvalue weighted by atomic mass is 16.2. The average molecular weight is 223 g/mol. The SMILES string of the molecule is CCC1CC(C(C)C)C2C(=O)N(C)C(=O)C12. The fraction of sp³-hybridized carbons (Fsp3) is 0.846. The summed E-state index contributed by atoms with van der Waals surface area (Å²) in [6.07, 6.45) is 2.06. The summed E-state index contributed by atoms with van der Waals surface area (Å²) in [5, 5.41) is 0. The number of rotatable bonds is 2. The molecule has 2 rings (SSSR count). The quantitative estimate of drug-likeness (QED) is 0.671. The summed E-state index contributed by atoms with van der Waals surface area (Å²) >= 11 is 0. The third-order valence-electron chi connectivity index (χ3n) is 4.54. The van der Waals surface area contributed by atoms with Crippen LogP contribution >= 0.6 is 0 Å². The minimum atomic E-state index is -0.0255. The lowest BCUT2D eigenvalue weighted by molar-refractivity contribution is -0.139. The van der Waals surface area contributed by atoms with Crippen LogP contribution in [0.15, 0.2) is 0 Å². The van der Waals surface area contributed by atoms with Gasteiger partial charge in [0.15, 0.2) is 0 Å². The highest BCUT2D eigenvalue weighted by Crippen LogP contribution is 2.50. The molecule has 2 aliphatic rings. The number of hydrogen-bond acceptors (Lipinski definition) is 2. The zero-order chi connectivity index (χ0) is 12.0. The number of fused-ring (bicyclic) bond motifs is 1. The Kier molecular flexibility index (Phi) is 2.81. The van der Waals surface area contributed by atoms with Gasteiger partial charge in [0.1, 0.15) is 0 Å². The number of carbonyl (C=O) groups is 2. The zero-order valence-electron chi connectivity index (χ0n) is 10.6. The lowest BCUT2D eigenvalue weighted by atomic mass is 9.83. The summed E-state index contributed by atoms with van der Waals surface area (Å²) in [4.78, 5) is 25.5. The van der Waals surface area contributed by atoms with Gasteiger partial charge in [-0.1, -0.05) is 27.2 Å². The summed E-state index contributed by atoms with van der Waals surface area (Å²) in [6, 6.07) is 0. The van der Waals surface area contributed by atoms with Gasteiger partial charge in [0, 0.05) is 7.05 Å². The van der Waals surface area contributed by atoms with Crippen LogP contribution in [0.1, 0.15) is 33.6 Å². The highest BCUT2D eigenvalue weighted by Gasteiger charge is 2.57. The fourth-order valence-electron chi connectivity index (χ4n) is 3.56. The van der Waals surface area contributed by atoms with E-state index in [2.05, 4.69) is 20.8 Å². The largest absolute Gasteiger partial charge is 0.285 e. The molecule has 90 valence electrons. The lowest BCUT2D eigenvalue weighted by Crippen LogP contribution is -2.30. The van der Waals surface area contributed by atoms with Gasteiger partial charge in [-0.3, -0.25) is 14.5 Å². The molecule has 1 saturated heterocycles. The van der Waals surface area contributed by atoms with Crippen LogP contribution in [-0.2, 0) is 9.59 Å². The van der Waals surface area contributed by atoms with Crippen molar-refractivity contribution < 1.29 is 9.59 Å². The molecule has 4 atom stereocenters. The van der Waals surface area contributed by atoms with E-state index in [1.807, 2.05) is 0 Å². The van der Waals surface area contributed by atoms with E-state index in [0.717, 1.165) is 12.8 Å². The van der Waals surface area contributed by atoms with Crippen LogP contribution in [0.5, 0.6) is 0 Å². The molecule has 0 N–H and O–H groups in total. The van der Waals surface area contributed by atoms with Crippen LogP contribution in [-0.4, -0.2) is 23.8 Å². The van der Waals surface area contributed by atoms with Crippen molar-refractivity contribution in [2.45, 2.75) is 33.6 Å². The van der Waals surface area contributed by atoms with Crippen molar-refractivity contribution in [1.29, 1.82) is 0 Å². The standard InChI is InChI=1S/C13H21NO2/c1-5-8-6-9(7(2)3)11-10(8)12(15)14(4)13(11)16/h7-11H,5-6H2,1-4H3. The number of nitrogens with zero attached hydrogens (tertiary/aromatic N) is 1. The van der Waals surface area contributed by atoms with Gasteiger partial charge in [-0.25, -0.2) is 0 Å². The van der Waals surface area contributed by atoms with Crippen LogP contribution in [0.25, 0.3) is 0 Å². The van der Waals surface area contributed by atoms with E-state index in [1.165, 1.54) is 4.90 Å². The zero-order valence-corrected chi connectivity index (χ0v) is 10.6. The van der Waals surface area contributed by atoms with E-state index in [4.69, 9.17) is 0 Å². The summed E-state index contributed by atoms with van der Waals surface area (Å²) in [6.45, 7) is 6.45. The fourth-order valence-corrected chi connectivity index (χ4v) is 3.56. The maximum absolute atomic E-state index is 12.1. The Labute approximate surface area is 97.2 Å². The second-order valence-corrected chi connectivity index (χ2v) is 5.60. The molecule has 0 aromatic carbocycles. The molecule has 4 unspecified atom stereocenters. The second-order valence-electron chi connectivity index (χ2n) is 5.60. The van der Waals surface area contributed by atoms with Gasteiger partial charge >= 0.3 is 0 Å². The van der Waals surface area contributed by atoms with Gasteiger partial charge in [0.25, 0.3) is 0 Å². The first kappa shape index (κ1) is 11.6. The normalized spacial score (nSPS) is 38.7. The molecule has 1 heterocycles. The maximum atomic E-state index is 12.1. The third-order valence-corrected chi connectivity index (χ3v) is 4.54. The Bertz CT molecular complexity index is 324.